The molecule has 98 valence electrons. The van der Waals surface area contributed by atoms with Gasteiger partial charge in [0.1, 0.15) is 0 Å². The summed E-state index contributed by atoms with van der Waals surface area (Å²) in [4.78, 5) is 4.70. The van der Waals surface area contributed by atoms with Crippen molar-refractivity contribution in [3.05, 3.63) is 0 Å². The Kier molecular flexibility index (Phi) is 4.30. The molecule has 0 aromatic carbocycles. The molecule has 0 aromatic heterocycles. The van der Waals surface area contributed by atoms with Gasteiger partial charge in [-0.3, -0.25) is 0 Å². The zero-order chi connectivity index (χ0) is 12.3. The van der Waals surface area contributed by atoms with E-state index in [1.165, 1.54) is 44.9 Å². The van der Waals surface area contributed by atoms with Crippen molar-refractivity contribution in [1.82, 2.24) is 5.32 Å². The predicted molar refractivity (Wildman–Crippen MR) is 73.0 cm³/mol. The first-order valence-corrected chi connectivity index (χ1v) is 7.25. The summed E-state index contributed by atoms with van der Waals surface area (Å²) in [6, 6.07) is 1.02. The molecule has 3 unspecified atom stereocenters. The third kappa shape index (κ3) is 3.62. The monoisotopic (exact) mass is 237 g/mol. The SMILES string of the molecule is CC1CCC(N=C(N)NC2CCCC2)C(C)C1. The Morgan fingerprint density at radius 2 is 1.82 bits per heavy atom. The first-order valence-electron chi connectivity index (χ1n) is 7.25. The molecule has 2 aliphatic carbocycles. The van der Waals surface area contributed by atoms with Gasteiger partial charge in [-0.15, -0.1) is 0 Å². The highest BCUT2D eigenvalue weighted by atomic mass is 15.1. The van der Waals surface area contributed by atoms with Crippen LogP contribution in [0.5, 0.6) is 0 Å². The molecule has 3 N–H and O–H groups in total. The van der Waals surface area contributed by atoms with Crippen LogP contribution >= 0.6 is 0 Å². The molecule has 0 saturated heterocycles. The van der Waals surface area contributed by atoms with Crippen molar-refractivity contribution in [3.63, 3.8) is 0 Å². The maximum atomic E-state index is 6.02. The van der Waals surface area contributed by atoms with Gasteiger partial charge in [0.2, 0.25) is 0 Å². The highest BCUT2D eigenvalue weighted by Crippen LogP contribution is 2.30. The number of nitrogens with one attached hydrogen (secondary N) is 1. The van der Waals surface area contributed by atoms with Crippen molar-refractivity contribution < 1.29 is 0 Å². The van der Waals surface area contributed by atoms with E-state index in [0.29, 0.717) is 24.0 Å². The second-order valence-electron chi connectivity index (χ2n) is 6.10. The van der Waals surface area contributed by atoms with Crippen LogP contribution in [0.1, 0.15) is 58.8 Å². The topological polar surface area (TPSA) is 50.4 Å². The highest BCUT2D eigenvalue weighted by Gasteiger charge is 2.25. The minimum absolute atomic E-state index is 0.445. The van der Waals surface area contributed by atoms with Gasteiger partial charge in [0.25, 0.3) is 0 Å². The Bertz CT molecular complexity index is 269. The molecule has 3 nitrogen and oxygen atoms in total. The molecule has 2 rings (SSSR count). The Balaban J connectivity index is 1.84. The van der Waals surface area contributed by atoms with Gasteiger partial charge < -0.3 is 11.1 Å². The van der Waals surface area contributed by atoms with Crippen LogP contribution in [-0.2, 0) is 0 Å². The van der Waals surface area contributed by atoms with Crippen molar-refractivity contribution in [1.29, 1.82) is 0 Å². The van der Waals surface area contributed by atoms with Crippen molar-refractivity contribution in [3.8, 4) is 0 Å². The molecule has 0 aliphatic heterocycles. The fourth-order valence-electron chi connectivity index (χ4n) is 3.34. The Hall–Kier alpha value is -0.730. The summed E-state index contributed by atoms with van der Waals surface area (Å²) in [5.74, 6) is 2.23. The summed E-state index contributed by atoms with van der Waals surface area (Å²) in [5.41, 5.74) is 6.02. The maximum Gasteiger partial charge on any atom is 0.189 e. The van der Waals surface area contributed by atoms with E-state index in [1.807, 2.05) is 0 Å². The van der Waals surface area contributed by atoms with Gasteiger partial charge in [-0.1, -0.05) is 26.7 Å². The van der Waals surface area contributed by atoms with Gasteiger partial charge in [-0.25, -0.2) is 4.99 Å². The fourth-order valence-corrected chi connectivity index (χ4v) is 3.34. The van der Waals surface area contributed by atoms with Crippen molar-refractivity contribution in [2.75, 3.05) is 0 Å². The van der Waals surface area contributed by atoms with E-state index >= 15 is 0 Å². The van der Waals surface area contributed by atoms with Crippen LogP contribution in [0.2, 0.25) is 0 Å². The van der Waals surface area contributed by atoms with Gasteiger partial charge in [0.05, 0.1) is 6.04 Å². The average Bonchev–Trinajstić information content (AvgIpc) is 2.75. The first kappa shape index (κ1) is 12.7. The van der Waals surface area contributed by atoms with Crippen LogP contribution < -0.4 is 11.1 Å². The van der Waals surface area contributed by atoms with E-state index in [2.05, 4.69) is 19.2 Å². The molecule has 2 fully saturated rings. The third-order valence-corrected chi connectivity index (χ3v) is 4.40. The van der Waals surface area contributed by atoms with E-state index in [1.54, 1.807) is 0 Å². The summed E-state index contributed by atoms with van der Waals surface area (Å²) in [6.07, 6.45) is 8.99. The second-order valence-corrected chi connectivity index (χ2v) is 6.10. The Morgan fingerprint density at radius 3 is 2.47 bits per heavy atom. The molecule has 3 atom stereocenters. The molecular weight excluding hydrogens is 210 g/mol. The molecule has 0 aromatic rings. The molecule has 0 bridgehead atoms. The molecular formula is C14H27N3. The van der Waals surface area contributed by atoms with Gasteiger partial charge >= 0.3 is 0 Å². The summed E-state index contributed by atoms with van der Waals surface area (Å²) < 4.78 is 0. The molecule has 3 heteroatoms. The van der Waals surface area contributed by atoms with Crippen LogP contribution in [0, 0.1) is 11.8 Å². The number of nitrogens with zero attached hydrogens (tertiary/aromatic N) is 1. The van der Waals surface area contributed by atoms with Gasteiger partial charge in [0.15, 0.2) is 5.96 Å². The van der Waals surface area contributed by atoms with Gasteiger partial charge in [-0.05, 0) is 43.9 Å². The highest BCUT2D eigenvalue weighted by molar-refractivity contribution is 5.78. The summed E-state index contributed by atoms with van der Waals surface area (Å²) in [7, 11) is 0. The lowest BCUT2D eigenvalue weighted by atomic mass is 9.80. The number of guanidine groups is 1. The average molecular weight is 237 g/mol. The first-order chi connectivity index (χ1) is 8.15. The van der Waals surface area contributed by atoms with Crippen LogP contribution in [0.15, 0.2) is 4.99 Å². The summed E-state index contributed by atoms with van der Waals surface area (Å²) in [6.45, 7) is 4.66. The molecule has 0 amide bonds. The molecule has 0 spiro atoms. The molecule has 2 saturated carbocycles. The zero-order valence-corrected chi connectivity index (χ0v) is 11.3. The van der Waals surface area contributed by atoms with Crippen molar-refractivity contribution in [2.24, 2.45) is 22.6 Å². The number of rotatable bonds is 2. The van der Waals surface area contributed by atoms with Gasteiger partial charge in [0, 0.05) is 6.04 Å². The van der Waals surface area contributed by atoms with Crippen LogP contribution in [0.4, 0.5) is 0 Å². The lowest BCUT2D eigenvalue weighted by Crippen LogP contribution is -2.40. The number of aliphatic imine (C=N–C) groups is 1. The second kappa shape index (κ2) is 5.74. The third-order valence-electron chi connectivity index (χ3n) is 4.40. The minimum Gasteiger partial charge on any atom is -0.370 e. The maximum absolute atomic E-state index is 6.02. The van der Waals surface area contributed by atoms with E-state index < -0.39 is 0 Å². The van der Waals surface area contributed by atoms with Crippen LogP contribution in [0.25, 0.3) is 0 Å². The number of hydrogen-bond acceptors (Lipinski definition) is 1. The number of nitrogens with two attached hydrogens (primary N) is 1. The minimum atomic E-state index is 0.445. The lowest BCUT2D eigenvalue weighted by Gasteiger charge is -2.30. The molecule has 2 aliphatic rings. The molecule has 0 radical (unpaired) electrons. The smallest absolute Gasteiger partial charge is 0.189 e. The van der Waals surface area contributed by atoms with E-state index in [-0.39, 0.29) is 0 Å². The van der Waals surface area contributed by atoms with Gasteiger partial charge in [-0.2, -0.15) is 0 Å². The molecule has 17 heavy (non-hydrogen) atoms. The Morgan fingerprint density at radius 1 is 1.12 bits per heavy atom. The molecule has 0 heterocycles. The van der Waals surface area contributed by atoms with E-state index in [0.717, 1.165) is 5.92 Å². The number of hydrogen-bond donors (Lipinski definition) is 2. The standard InChI is InChI=1S/C14H27N3/c1-10-7-8-13(11(2)9-10)17-14(15)16-12-5-3-4-6-12/h10-13H,3-9H2,1-2H3,(H3,15,16,17). The summed E-state index contributed by atoms with van der Waals surface area (Å²) >= 11 is 0. The quantitative estimate of drug-likeness (QED) is 0.573. The van der Waals surface area contributed by atoms with E-state index in [9.17, 15) is 0 Å². The zero-order valence-electron chi connectivity index (χ0n) is 11.3. The largest absolute Gasteiger partial charge is 0.370 e. The van der Waals surface area contributed by atoms with Crippen molar-refractivity contribution in [2.45, 2.75) is 70.9 Å². The predicted octanol–water partition coefficient (Wildman–Crippen LogP) is 2.66. The van der Waals surface area contributed by atoms with Crippen LogP contribution in [-0.4, -0.2) is 18.0 Å². The lowest BCUT2D eigenvalue weighted by molar-refractivity contribution is 0.264. The Labute approximate surface area is 105 Å². The summed E-state index contributed by atoms with van der Waals surface area (Å²) in [5, 5.41) is 3.39. The van der Waals surface area contributed by atoms with E-state index in [4.69, 9.17) is 10.7 Å². The normalized spacial score (nSPS) is 36.1. The van der Waals surface area contributed by atoms with Crippen LogP contribution in [0.3, 0.4) is 0 Å². The van der Waals surface area contributed by atoms with Crippen molar-refractivity contribution >= 4 is 5.96 Å². The fraction of sp³-hybridized carbons (Fsp3) is 0.929.